The Morgan fingerprint density at radius 3 is 2.56 bits per heavy atom. The van der Waals surface area contributed by atoms with Gasteiger partial charge in [0.15, 0.2) is 11.6 Å². The highest BCUT2D eigenvalue weighted by molar-refractivity contribution is 5.30. The summed E-state index contributed by atoms with van der Waals surface area (Å²) < 4.78 is 54.8. The Morgan fingerprint density at radius 1 is 1.33 bits per heavy atom. The molecule has 0 spiro atoms. The number of hydrogen-bond acceptors (Lipinski definition) is 2. The fourth-order valence-corrected chi connectivity index (χ4v) is 1.55. The van der Waals surface area contributed by atoms with Crippen LogP contribution in [0.5, 0.6) is 5.75 Å². The zero-order valence-electron chi connectivity index (χ0n) is 10.1. The van der Waals surface area contributed by atoms with E-state index in [1.807, 2.05) is 0 Å². The van der Waals surface area contributed by atoms with E-state index < -0.39 is 24.5 Å². The lowest BCUT2D eigenvalue weighted by Crippen LogP contribution is -2.31. The van der Waals surface area contributed by atoms with Gasteiger partial charge in [0.1, 0.15) is 0 Å². The van der Waals surface area contributed by atoms with Crippen molar-refractivity contribution in [3.05, 3.63) is 29.6 Å². The van der Waals surface area contributed by atoms with Gasteiger partial charge >= 0.3 is 6.18 Å². The van der Waals surface area contributed by atoms with Gasteiger partial charge in [-0.05, 0) is 13.0 Å². The van der Waals surface area contributed by atoms with Gasteiger partial charge in [-0.1, -0.05) is 12.1 Å². The Bertz CT molecular complexity index is 392. The van der Waals surface area contributed by atoms with Crippen LogP contribution in [0.3, 0.4) is 0 Å². The molecule has 0 heterocycles. The average molecular weight is 265 g/mol. The molecule has 6 heteroatoms. The molecule has 1 rings (SSSR count). The minimum Gasteiger partial charge on any atom is -0.494 e. The Morgan fingerprint density at radius 2 is 2.00 bits per heavy atom. The summed E-state index contributed by atoms with van der Waals surface area (Å²) >= 11 is 0. The summed E-state index contributed by atoms with van der Waals surface area (Å²) in [5, 5.41) is 2.63. The van der Waals surface area contributed by atoms with Crippen LogP contribution >= 0.6 is 0 Å². The number of nitrogens with one attached hydrogen (secondary N) is 1. The normalized spacial score (nSPS) is 13.4. The van der Waals surface area contributed by atoms with Crippen LogP contribution in [-0.4, -0.2) is 19.3 Å². The lowest BCUT2D eigenvalue weighted by molar-refractivity contribution is -0.139. The predicted octanol–water partition coefficient (Wildman–Crippen LogP) is 3.26. The molecule has 0 fully saturated rings. The summed E-state index contributed by atoms with van der Waals surface area (Å²) in [6.45, 7) is 1.44. The molecular weight excluding hydrogens is 250 g/mol. The molecule has 0 aliphatic rings. The molecule has 1 N–H and O–H groups in total. The second kappa shape index (κ2) is 6.04. The van der Waals surface area contributed by atoms with Crippen molar-refractivity contribution < 1.29 is 22.3 Å². The topological polar surface area (TPSA) is 21.3 Å². The van der Waals surface area contributed by atoms with E-state index >= 15 is 0 Å². The van der Waals surface area contributed by atoms with Gasteiger partial charge < -0.3 is 10.1 Å². The van der Waals surface area contributed by atoms with Crippen molar-refractivity contribution >= 4 is 0 Å². The zero-order chi connectivity index (χ0) is 13.8. The van der Waals surface area contributed by atoms with E-state index in [1.54, 1.807) is 6.07 Å². The molecule has 1 unspecified atom stereocenters. The lowest BCUT2D eigenvalue weighted by Gasteiger charge is -2.16. The van der Waals surface area contributed by atoms with Crippen molar-refractivity contribution in [2.24, 2.45) is 0 Å². The van der Waals surface area contributed by atoms with Gasteiger partial charge in [0, 0.05) is 18.2 Å². The van der Waals surface area contributed by atoms with Crippen LogP contribution in [0.2, 0.25) is 0 Å². The molecule has 102 valence electrons. The summed E-state index contributed by atoms with van der Waals surface area (Å²) in [7, 11) is 1.34. The summed E-state index contributed by atoms with van der Waals surface area (Å²) in [5.41, 5.74) is 0.281. The summed E-state index contributed by atoms with van der Waals surface area (Å²) in [5.74, 6) is -0.468. The van der Waals surface area contributed by atoms with Crippen molar-refractivity contribution in [3.63, 3.8) is 0 Å². The lowest BCUT2D eigenvalue weighted by atomic mass is 10.1. The Kier molecular flexibility index (Phi) is 4.95. The van der Waals surface area contributed by atoms with Crippen molar-refractivity contribution in [2.75, 3.05) is 7.11 Å². The average Bonchev–Trinajstić information content (AvgIpc) is 2.25. The molecule has 1 atom stereocenters. The van der Waals surface area contributed by atoms with Crippen LogP contribution in [-0.2, 0) is 6.54 Å². The molecular formula is C12H15F4NO. The van der Waals surface area contributed by atoms with Crippen LogP contribution in [0.25, 0.3) is 0 Å². The predicted molar refractivity (Wildman–Crippen MR) is 59.9 cm³/mol. The Balaban J connectivity index is 2.58. The molecule has 0 bridgehead atoms. The summed E-state index contributed by atoms with van der Waals surface area (Å²) in [6, 6.07) is 3.78. The Labute approximate surface area is 103 Å². The highest BCUT2D eigenvalue weighted by Gasteiger charge is 2.29. The minimum absolute atomic E-state index is 0.0281. The molecule has 1 aromatic carbocycles. The number of rotatable bonds is 5. The maximum atomic E-state index is 13.7. The number of ether oxygens (including phenoxy) is 1. The van der Waals surface area contributed by atoms with Crippen LogP contribution < -0.4 is 10.1 Å². The third-order valence-corrected chi connectivity index (χ3v) is 2.44. The minimum atomic E-state index is -4.22. The first-order chi connectivity index (χ1) is 8.33. The number of benzene rings is 1. The van der Waals surface area contributed by atoms with Crippen LogP contribution in [0.15, 0.2) is 18.2 Å². The van der Waals surface area contributed by atoms with Crippen LogP contribution in [0.1, 0.15) is 18.9 Å². The molecule has 0 aliphatic carbocycles. The molecule has 0 radical (unpaired) electrons. The molecule has 0 aliphatic heterocycles. The quantitative estimate of drug-likeness (QED) is 0.825. The van der Waals surface area contributed by atoms with Crippen molar-refractivity contribution in [3.8, 4) is 5.75 Å². The first-order valence-electron chi connectivity index (χ1n) is 5.45. The van der Waals surface area contributed by atoms with Crippen molar-refractivity contribution in [1.29, 1.82) is 0 Å². The van der Waals surface area contributed by atoms with E-state index in [0.29, 0.717) is 0 Å². The first-order valence-corrected chi connectivity index (χ1v) is 5.45. The molecule has 0 saturated heterocycles. The second-order valence-corrected chi connectivity index (χ2v) is 4.03. The molecule has 2 nitrogen and oxygen atoms in total. The number of halogens is 4. The largest absolute Gasteiger partial charge is 0.494 e. The van der Waals surface area contributed by atoms with Gasteiger partial charge in [0.05, 0.1) is 13.5 Å². The second-order valence-electron chi connectivity index (χ2n) is 4.03. The van der Waals surface area contributed by atoms with Crippen molar-refractivity contribution in [2.45, 2.75) is 32.1 Å². The van der Waals surface area contributed by atoms with E-state index in [0.717, 1.165) is 0 Å². The molecule has 0 amide bonds. The standard InChI is InChI=1S/C12H15F4NO/c1-8(6-12(14,15)16)17-7-9-4-3-5-10(18-2)11(9)13/h3-5,8,17H,6-7H2,1-2H3. The van der Waals surface area contributed by atoms with E-state index in [1.165, 1.54) is 26.2 Å². The van der Waals surface area contributed by atoms with E-state index in [-0.39, 0.29) is 17.9 Å². The fraction of sp³-hybridized carbons (Fsp3) is 0.500. The highest BCUT2D eigenvalue weighted by Crippen LogP contribution is 2.22. The van der Waals surface area contributed by atoms with Gasteiger partial charge in [-0.2, -0.15) is 13.2 Å². The Hall–Kier alpha value is -1.30. The highest BCUT2D eigenvalue weighted by atomic mass is 19.4. The molecule has 1 aromatic rings. The number of alkyl halides is 3. The van der Waals surface area contributed by atoms with E-state index in [9.17, 15) is 17.6 Å². The van der Waals surface area contributed by atoms with Crippen LogP contribution in [0, 0.1) is 5.82 Å². The SMILES string of the molecule is COc1cccc(CNC(C)CC(F)(F)F)c1F. The maximum absolute atomic E-state index is 13.7. The van der Waals surface area contributed by atoms with Gasteiger partial charge in [-0.3, -0.25) is 0 Å². The molecule has 0 aromatic heterocycles. The van der Waals surface area contributed by atoms with E-state index in [2.05, 4.69) is 5.32 Å². The van der Waals surface area contributed by atoms with Gasteiger partial charge in [-0.15, -0.1) is 0 Å². The van der Waals surface area contributed by atoms with Gasteiger partial charge in [0.2, 0.25) is 0 Å². The zero-order valence-corrected chi connectivity index (χ0v) is 10.1. The first kappa shape index (κ1) is 14.8. The summed E-state index contributed by atoms with van der Waals surface area (Å²) in [6.07, 6.45) is -5.17. The number of methoxy groups -OCH3 is 1. The monoisotopic (exact) mass is 265 g/mol. The third kappa shape index (κ3) is 4.52. The van der Waals surface area contributed by atoms with Crippen molar-refractivity contribution in [1.82, 2.24) is 5.32 Å². The summed E-state index contributed by atoms with van der Waals surface area (Å²) in [4.78, 5) is 0. The van der Waals surface area contributed by atoms with Gasteiger partial charge in [-0.25, -0.2) is 4.39 Å². The van der Waals surface area contributed by atoms with E-state index in [4.69, 9.17) is 4.74 Å². The maximum Gasteiger partial charge on any atom is 0.390 e. The third-order valence-electron chi connectivity index (χ3n) is 2.44. The van der Waals surface area contributed by atoms with Gasteiger partial charge in [0.25, 0.3) is 0 Å². The number of hydrogen-bond donors (Lipinski definition) is 1. The molecule has 0 saturated carbocycles. The fourth-order valence-electron chi connectivity index (χ4n) is 1.55. The van der Waals surface area contributed by atoms with Crippen LogP contribution in [0.4, 0.5) is 17.6 Å². The molecule has 18 heavy (non-hydrogen) atoms. The smallest absolute Gasteiger partial charge is 0.390 e.